The van der Waals surface area contributed by atoms with Crippen LogP contribution in [0.15, 0.2) is 12.7 Å². The second kappa shape index (κ2) is 5.12. The lowest BCUT2D eigenvalue weighted by molar-refractivity contribution is 0.222. The van der Waals surface area contributed by atoms with Gasteiger partial charge in [-0.3, -0.25) is 4.21 Å². The molecule has 46 valence electrons. The van der Waals surface area contributed by atoms with Crippen LogP contribution in [0.5, 0.6) is 0 Å². The van der Waals surface area contributed by atoms with Crippen molar-refractivity contribution in [2.45, 2.75) is 0 Å². The Morgan fingerprint density at radius 3 is 2.88 bits per heavy atom. The predicted octanol–water partition coefficient (Wildman–Crippen LogP) is 0.337. The van der Waals surface area contributed by atoms with Crippen LogP contribution in [0.25, 0.3) is 0 Å². The summed E-state index contributed by atoms with van der Waals surface area (Å²) in [5.41, 5.74) is 0. The summed E-state index contributed by atoms with van der Waals surface area (Å²) in [4.78, 5) is 0. The van der Waals surface area contributed by atoms with Gasteiger partial charge in [0.25, 0.3) is 0 Å². The highest BCUT2D eigenvalue weighted by Gasteiger charge is 2.12. The minimum absolute atomic E-state index is 0.216. The zero-order valence-corrected chi connectivity index (χ0v) is 4.97. The minimum Gasteiger partial charge on any atom is -0.401 e. The Labute approximate surface area is 53.2 Å². The Balaban J connectivity index is 2.97. The van der Waals surface area contributed by atoms with Crippen molar-refractivity contribution in [3.05, 3.63) is 12.7 Å². The van der Waals surface area contributed by atoms with Crippen LogP contribution < -0.4 is 0 Å². The first kappa shape index (κ1) is 7.97. The Hall–Kier alpha value is -0.0251. The average molecular weight is 136 g/mol. The van der Waals surface area contributed by atoms with E-state index >= 15 is 0 Å². The molecule has 0 unspecified atom stereocenters. The van der Waals surface area contributed by atoms with Gasteiger partial charge in [-0.05, 0) is 0 Å². The summed E-state index contributed by atoms with van der Waals surface area (Å²) in [6.45, 7) is 3.55. The summed E-state index contributed by atoms with van der Waals surface area (Å²) >= 11 is 4.68. The van der Waals surface area contributed by atoms with Crippen LogP contribution in [0.2, 0.25) is 0 Å². The third-order valence-corrected chi connectivity index (χ3v) is 0.585. The molecule has 0 aliphatic rings. The topological polar surface area (TPSA) is 38.7 Å². The molecular formula is C3H6BClO3. The largest absolute Gasteiger partial charge is 0.653 e. The Morgan fingerprint density at radius 2 is 2.50 bits per heavy atom. The maximum Gasteiger partial charge on any atom is 0.653 e. The quantitative estimate of drug-likeness (QED) is 0.447. The van der Waals surface area contributed by atoms with Gasteiger partial charge in [-0.15, -0.1) is 6.58 Å². The Kier molecular flexibility index (Phi) is 5.10. The van der Waals surface area contributed by atoms with Crippen LogP contribution in [-0.4, -0.2) is 19.0 Å². The molecule has 0 spiro atoms. The second-order valence-corrected chi connectivity index (χ2v) is 1.20. The highest BCUT2D eigenvalue weighted by atomic mass is 35.5. The molecule has 3 nitrogen and oxygen atoms in total. The van der Waals surface area contributed by atoms with Crippen molar-refractivity contribution in [2.24, 2.45) is 0 Å². The molecule has 0 amide bonds. The van der Waals surface area contributed by atoms with Crippen LogP contribution >= 0.6 is 11.9 Å². The average Bonchev–Trinajstić information content (AvgIpc) is 1.83. The van der Waals surface area contributed by atoms with Crippen molar-refractivity contribution < 1.29 is 13.9 Å². The fourth-order valence-electron chi connectivity index (χ4n) is 0.176. The molecule has 0 aromatic rings. The normalized spacial score (nSPS) is 8.75. The number of rotatable bonds is 4. The van der Waals surface area contributed by atoms with Crippen molar-refractivity contribution in [1.29, 1.82) is 0 Å². The standard InChI is InChI=1S/C3H6BClO3/c1-2-3-7-4(6)8-5/h2,6H,1,3H2. The smallest absolute Gasteiger partial charge is 0.401 e. The van der Waals surface area contributed by atoms with E-state index in [-0.39, 0.29) is 6.61 Å². The van der Waals surface area contributed by atoms with Gasteiger partial charge in [0.15, 0.2) is 0 Å². The first-order chi connectivity index (χ1) is 3.81. The summed E-state index contributed by atoms with van der Waals surface area (Å²) in [5.74, 6) is 0. The summed E-state index contributed by atoms with van der Waals surface area (Å²) in [6, 6.07) is 0. The van der Waals surface area contributed by atoms with E-state index in [1.54, 1.807) is 0 Å². The zero-order chi connectivity index (χ0) is 6.41. The predicted molar refractivity (Wildman–Crippen MR) is 31.1 cm³/mol. The molecule has 0 aromatic carbocycles. The molecule has 0 atom stereocenters. The SMILES string of the molecule is C=CCOB(O)OCl. The van der Waals surface area contributed by atoms with Gasteiger partial charge in [0.05, 0.1) is 6.61 Å². The molecule has 5 heteroatoms. The molecule has 1 N–H and O–H groups in total. The highest BCUT2D eigenvalue weighted by Crippen LogP contribution is 1.86. The second-order valence-electron chi connectivity index (χ2n) is 1.02. The molecule has 0 aliphatic heterocycles. The van der Waals surface area contributed by atoms with Gasteiger partial charge in [-0.2, -0.15) is 0 Å². The van der Waals surface area contributed by atoms with Gasteiger partial charge in [0, 0.05) is 11.9 Å². The minimum atomic E-state index is -1.35. The molecule has 8 heavy (non-hydrogen) atoms. The van der Waals surface area contributed by atoms with E-state index in [1.807, 2.05) is 0 Å². The van der Waals surface area contributed by atoms with Crippen molar-refractivity contribution >= 4 is 19.2 Å². The summed E-state index contributed by atoms with van der Waals surface area (Å²) in [6.07, 6.45) is 1.47. The monoisotopic (exact) mass is 136 g/mol. The van der Waals surface area contributed by atoms with E-state index in [4.69, 9.17) is 5.02 Å². The maximum absolute atomic E-state index is 8.36. The Bertz CT molecular complexity index is 69.5. The molecule has 0 radical (unpaired) electrons. The van der Waals surface area contributed by atoms with E-state index in [9.17, 15) is 0 Å². The lowest BCUT2D eigenvalue weighted by Crippen LogP contribution is -2.17. The van der Waals surface area contributed by atoms with Gasteiger partial charge in [-0.1, -0.05) is 6.08 Å². The van der Waals surface area contributed by atoms with Crippen LogP contribution in [-0.2, 0) is 8.86 Å². The molecular weight excluding hydrogens is 130 g/mol. The molecule has 0 saturated heterocycles. The lowest BCUT2D eigenvalue weighted by Gasteiger charge is -1.97. The summed E-state index contributed by atoms with van der Waals surface area (Å²) in [5, 5.41) is 8.36. The van der Waals surface area contributed by atoms with Crippen molar-refractivity contribution in [2.75, 3.05) is 6.61 Å². The summed E-state index contributed by atoms with van der Waals surface area (Å²) in [7, 11) is -1.35. The highest BCUT2D eigenvalue weighted by molar-refractivity contribution is 6.42. The zero-order valence-electron chi connectivity index (χ0n) is 4.21. The first-order valence-electron chi connectivity index (χ1n) is 1.99. The summed E-state index contributed by atoms with van der Waals surface area (Å²) < 4.78 is 8.23. The third kappa shape index (κ3) is 4.14. The fraction of sp³-hybridized carbons (Fsp3) is 0.333. The fourth-order valence-corrected chi connectivity index (χ4v) is 0.228. The van der Waals surface area contributed by atoms with Gasteiger partial charge in [0.2, 0.25) is 0 Å². The van der Waals surface area contributed by atoms with E-state index in [2.05, 4.69) is 27.3 Å². The van der Waals surface area contributed by atoms with Gasteiger partial charge in [0.1, 0.15) is 0 Å². The number of hydrogen-bond acceptors (Lipinski definition) is 3. The van der Waals surface area contributed by atoms with Gasteiger partial charge >= 0.3 is 7.32 Å². The molecule has 0 saturated carbocycles. The molecule has 0 heterocycles. The van der Waals surface area contributed by atoms with E-state index in [0.29, 0.717) is 0 Å². The van der Waals surface area contributed by atoms with Crippen molar-refractivity contribution in [3.63, 3.8) is 0 Å². The van der Waals surface area contributed by atoms with Crippen molar-refractivity contribution in [3.8, 4) is 0 Å². The van der Waals surface area contributed by atoms with Crippen molar-refractivity contribution in [1.82, 2.24) is 0 Å². The van der Waals surface area contributed by atoms with Gasteiger partial charge < -0.3 is 9.68 Å². The maximum atomic E-state index is 8.36. The van der Waals surface area contributed by atoms with Crippen LogP contribution in [0.1, 0.15) is 0 Å². The molecule has 0 bridgehead atoms. The molecule has 0 rings (SSSR count). The number of hydrogen-bond donors (Lipinski definition) is 1. The molecule has 0 aromatic heterocycles. The molecule has 0 fully saturated rings. The molecule has 0 aliphatic carbocycles. The van der Waals surface area contributed by atoms with E-state index < -0.39 is 7.32 Å². The number of halogens is 1. The van der Waals surface area contributed by atoms with Crippen LogP contribution in [0, 0.1) is 0 Å². The Morgan fingerprint density at radius 1 is 1.88 bits per heavy atom. The van der Waals surface area contributed by atoms with Crippen LogP contribution in [0.3, 0.4) is 0 Å². The van der Waals surface area contributed by atoms with E-state index in [0.717, 1.165) is 0 Å². The third-order valence-electron chi connectivity index (χ3n) is 0.433. The lowest BCUT2D eigenvalue weighted by atomic mass is 10.3. The van der Waals surface area contributed by atoms with Gasteiger partial charge in [-0.25, -0.2) is 0 Å². The first-order valence-corrected chi connectivity index (χ1v) is 2.30. The van der Waals surface area contributed by atoms with E-state index in [1.165, 1.54) is 6.08 Å². The van der Waals surface area contributed by atoms with Crippen LogP contribution in [0.4, 0.5) is 0 Å².